The molecule has 24 heavy (non-hydrogen) atoms. The normalized spacial score (nSPS) is 10.0. The third kappa shape index (κ3) is 5.17. The lowest BCUT2D eigenvalue weighted by molar-refractivity contribution is -0.384. The SMILES string of the molecule is O=C(CCNC(=O)c1ccc(Br)cc1)Nc1ccc([N+](=O)[O-])cc1. The molecule has 0 aromatic heterocycles. The molecular formula is C16H14BrN3O4. The lowest BCUT2D eigenvalue weighted by Crippen LogP contribution is -2.27. The van der Waals surface area contributed by atoms with Gasteiger partial charge in [-0.2, -0.15) is 0 Å². The van der Waals surface area contributed by atoms with Gasteiger partial charge in [-0.1, -0.05) is 15.9 Å². The average Bonchev–Trinajstić information content (AvgIpc) is 2.55. The molecule has 0 aliphatic carbocycles. The third-order valence-electron chi connectivity index (χ3n) is 3.11. The zero-order chi connectivity index (χ0) is 17.5. The lowest BCUT2D eigenvalue weighted by Gasteiger charge is -2.07. The fraction of sp³-hybridized carbons (Fsp3) is 0.125. The summed E-state index contributed by atoms with van der Waals surface area (Å²) in [6.45, 7) is 0.188. The molecule has 2 amide bonds. The van der Waals surface area contributed by atoms with Crippen LogP contribution in [0.15, 0.2) is 53.0 Å². The molecule has 2 aromatic carbocycles. The molecule has 7 nitrogen and oxygen atoms in total. The van der Waals surface area contributed by atoms with Crippen molar-refractivity contribution in [3.8, 4) is 0 Å². The van der Waals surface area contributed by atoms with Gasteiger partial charge in [-0.25, -0.2) is 0 Å². The van der Waals surface area contributed by atoms with Crippen LogP contribution in [0.25, 0.3) is 0 Å². The van der Waals surface area contributed by atoms with Crippen LogP contribution in [-0.4, -0.2) is 23.3 Å². The predicted octanol–water partition coefficient (Wildman–Crippen LogP) is 3.12. The quantitative estimate of drug-likeness (QED) is 0.583. The Morgan fingerprint density at radius 3 is 2.25 bits per heavy atom. The molecule has 0 radical (unpaired) electrons. The average molecular weight is 392 g/mol. The van der Waals surface area contributed by atoms with Gasteiger partial charge in [-0.05, 0) is 36.4 Å². The van der Waals surface area contributed by atoms with E-state index in [1.54, 1.807) is 24.3 Å². The molecule has 2 N–H and O–H groups in total. The number of nitro groups is 1. The van der Waals surface area contributed by atoms with Gasteiger partial charge in [0.2, 0.25) is 5.91 Å². The fourth-order valence-corrected chi connectivity index (χ4v) is 2.15. The molecular weight excluding hydrogens is 378 g/mol. The summed E-state index contributed by atoms with van der Waals surface area (Å²) in [5.74, 6) is -0.550. The number of rotatable bonds is 6. The Balaban J connectivity index is 1.77. The second kappa shape index (κ2) is 8.21. The molecule has 0 saturated carbocycles. The molecule has 0 aliphatic rings. The first-order valence-electron chi connectivity index (χ1n) is 7.04. The van der Waals surface area contributed by atoms with Gasteiger partial charge >= 0.3 is 0 Å². The van der Waals surface area contributed by atoms with Crippen molar-refractivity contribution in [2.45, 2.75) is 6.42 Å². The topological polar surface area (TPSA) is 101 Å². The van der Waals surface area contributed by atoms with E-state index in [1.807, 2.05) is 0 Å². The Kier molecular flexibility index (Phi) is 6.02. The molecule has 0 unspecified atom stereocenters. The van der Waals surface area contributed by atoms with Crippen molar-refractivity contribution >= 4 is 39.1 Å². The number of hydrogen-bond acceptors (Lipinski definition) is 4. The first-order valence-corrected chi connectivity index (χ1v) is 7.83. The van der Waals surface area contributed by atoms with Crippen LogP contribution >= 0.6 is 15.9 Å². The summed E-state index contributed by atoms with van der Waals surface area (Å²) < 4.78 is 0.876. The molecule has 2 rings (SSSR count). The highest BCUT2D eigenvalue weighted by atomic mass is 79.9. The number of non-ortho nitro benzene ring substituents is 1. The van der Waals surface area contributed by atoms with Gasteiger partial charge < -0.3 is 10.6 Å². The highest BCUT2D eigenvalue weighted by Crippen LogP contribution is 2.15. The molecule has 0 bridgehead atoms. The Hall–Kier alpha value is -2.74. The van der Waals surface area contributed by atoms with E-state index in [0.29, 0.717) is 11.3 Å². The van der Waals surface area contributed by atoms with E-state index in [2.05, 4.69) is 26.6 Å². The van der Waals surface area contributed by atoms with Crippen LogP contribution in [0, 0.1) is 10.1 Å². The molecule has 0 heterocycles. The second-order valence-corrected chi connectivity index (χ2v) is 5.78. The number of anilines is 1. The summed E-state index contributed by atoms with van der Waals surface area (Å²) in [5, 5.41) is 15.8. The van der Waals surface area contributed by atoms with E-state index in [1.165, 1.54) is 24.3 Å². The van der Waals surface area contributed by atoms with Gasteiger partial charge in [0.15, 0.2) is 0 Å². The van der Waals surface area contributed by atoms with Crippen LogP contribution in [0.1, 0.15) is 16.8 Å². The zero-order valence-electron chi connectivity index (χ0n) is 12.5. The van der Waals surface area contributed by atoms with Crippen molar-refractivity contribution in [2.75, 3.05) is 11.9 Å². The molecule has 0 atom stereocenters. The van der Waals surface area contributed by atoms with E-state index < -0.39 is 4.92 Å². The number of hydrogen-bond donors (Lipinski definition) is 2. The largest absolute Gasteiger partial charge is 0.352 e. The van der Waals surface area contributed by atoms with Gasteiger partial charge in [-0.3, -0.25) is 19.7 Å². The van der Waals surface area contributed by atoms with E-state index in [4.69, 9.17) is 0 Å². The minimum Gasteiger partial charge on any atom is -0.352 e. The van der Waals surface area contributed by atoms with Crippen molar-refractivity contribution in [2.24, 2.45) is 0 Å². The van der Waals surface area contributed by atoms with E-state index >= 15 is 0 Å². The minimum absolute atomic E-state index is 0.0465. The number of amides is 2. The van der Waals surface area contributed by atoms with Gasteiger partial charge in [0.05, 0.1) is 4.92 Å². The summed E-state index contributed by atoms with van der Waals surface area (Å²) in [7, 11) is 0. The van der Waals surface area contributed by atoms with Crippen molar-refractivity contribution in [1.29, 1.82) is 0 Å². The number of carbonyl (C=O) groups is 2. The number of nitro benzene ring substituents is 1. The summed E-state index contributed by atoms with van der Waals surface area (Å²) in [4.78, 5) is 33.7. The number of nitrogens with zero attached hydrogens (tertiary/aromatic N) is 1. The number of benzene rings is 2. The van der Waals surface area contributed by atoms with Crippen LogP contribution in [0.4, 0.5) is 11.4 Å². The Labute approximate surface area is 146 Å². The highest BCUT2D eigenvalue weighted by molar-refractivity contribution is 9.10. The van der Waals surface area contributed by atoms with Crippen molar-refractivity contribution in [3.63, 3.8) is 0 Å². The Morgan fingerprint density at radius 2 is 1.67 bits per heavy atom. The lowest BCUT2D eigenvalue weighted by atomic mass is 10.2. The van der Waals surface area contributed by atoms with Gasteiger partial charge in [-0.15, -0.1) is 0 Å². The number of halogens is 1. The van der Waals surface area contributed by atoms with E-state index in [0.717, 1.165) is 4.47 Å². The number of nitrogens with one attached hydrogen (secondary N) is 2. The van der Waals surface area contributed by atoms with Crippen LogP contribution in [-0.2, 0) is 4.79 Å². The zero-order valence-corrected chi connectivity index (χ0v) is 14.1. The standard InChI is InChI=1S/C16H14BrN3O4/c17-12-3-1-11(2-4-12)16(22)18-10-9-15(21)19-13-5-7-14(8-6-13)20(23)24/h1-8H,9-10H2,(H,18,22)(H,19,21). The maximum Gasteiger partial charge on any atom is 0.269 e. The molecule has 8 heteroatoms. The van der Waals surface area contributed by atoms with Crippen LogP contribution in [0.2, 0.25) is 0 Å². The van der Waals surface area contributed by atoms with Crippen molar-refractivity contribution in [1.82, 2.24) is 5.32 Å². The van der Waals surface area contributed by atoms with Crippen molar-refractivity contribution in [3.05, 3.63) is 68.7 Å². The fourth-order valence-electron chi connectivity index (χ4n) is 1.88. The highest BCUT2D eigenvalue weighted by Gasteiger charge is 2.08. The number of carbonyl (C=O) groups excluding carboxylic acids is 2. The molecule has 0 spiro atoms. The first kappa shape index (κ1) is 17.6. The van der Waals surface area contributed by atoms with Crippen LogP contribution in [0.3, 0.4) is 0 Å². The maximum atomic E-state index is 11.9. The maximum absolute atomic E-state index is 11.9. The molecule has 0 saturated heterocycles. The van der Waals surface area contributed by atoms with E-state index in [9.17, 15) is 19.7 Å². The summed E-state index contributed by atoms with van der Waals surface area (Å²) in [6, 6.07) is 12.4. The second-order valence-electron chi connectivity index (χ2n) is 4.86. The van der Waals surface area contributed by atoms with Crippen molar-refractivity contribution < 1.29 is 14.5 Å². The summed E-state index contributed by atoms with van der Waals surface area (Å²) in [5.41, 5.74) is 0.925. The summed E-state index contributed by atoms with van der Waals surface area (Å²) >= 11 is 3.29. The smallest absolute Gasteiger partial charge is 0.269 e. The minimum atomic E-state index is -0.511. The molecule has 2 aromatic rings. The summed E-state index contributed by atoms with van der Waals surface area (Å²) in [6.07, 6.45) is 0.0965. The Morgan fingerprint density at radius 1 is 1.04 bits per heavy atom. The van der Waals surface area contributed by atoms with Gasteiger partial charge in [0.25, 0.3) is 11.6 Å². The van der Waals surface area contributed by atoms with Gasteiger partial charge in [0, 0.05) is 40.8 Å². The van der Waals surface area contributed by atoms with E-state index in [-0.39, 0.29) is 30.5 Å². The van der Waals surface area contributed by atoms with Crippen LogP contribution in [0.5, 0.6) is 0 Å². The first-order chi connectivity index (χ1) is 11.5. The Bertz CT molecular complexity index is 745. The molecule has 0 fully saturated rings. The van der Waals surface area contributed by atoms with Gasteiger partial charge in [0.1, 0.15) is 0 Å². The predicted molar refractivity (Wildman–Crippen MR) is 92.8 cm³/mol. The monoisotopic (exact) mass is 391 g/mol. The third-order valence-corrected chi connectivity index (χ3v) is 3.63. The molecule has 0 aliphatic heterocycles. The molecule has 124 valence electrons. The van der Waals surface area contributed by atoms with Crippen LogP contribution < -0.4 is 10.6 Å².